The number of halogens is 3. The summed E-state index contributed by atoms with van der Waals surface area (Å²) in [5.41, 5.74) is 4.04. The first kappa shape index (κ1) is 20.5. The zero-order valence-electron chi connectivity index (χ0n) is 17.0. The fourth-order valence-electron chi connectivity index (χ4n) is 5.07. The highest BCUT2D eigenvalue weighted by atomic mass is 19.1. The zero-order valence-corrected chi connectivity index (χ0v) is 17.0. The second-order valence-corrected chi connectivity index (χ2v) is 8.82. The third kappa shape index (κ3) is 2.89. The molecule has 5 rings (SSSR count). The molecule has 3 N–H and O–H groups in total. The molecule has 1 aliphatic heterocycles. The first-order chi connectivity index (χ1) is 15.1. The van der Waals surface area contributed by atoms with Gasteiger partial charge in [0.1, 0.15) is 17.2 Å². The second-order valence-electron chi connectivity index (χ2n) is 8.82. The number of aromatic nitrogens is 2. The van der Waals surface area contributed by atoms with E-state index in [4.69, 9.17) is 5.73 Å². The van der Waals surface area contributed by atoms with Crippen molar-refractivity contribution < 1.29 is 23.1 Å². The topological polar surface area (TPSA) is 101 Å². The lowest BCUT2D eigenvalue weighted by atomic mass is 9.60. The molecule has 1 aromatic carbocycles. The number of hydrogen-bond acceptors (Lipinski definition) is 5. The Hall–Kier alpha value is -3.40. The molecular formula is C22H19F3N4O3. The van der Waals surface area contributed by atoms with Crippen LogP contribution in [-0.4, -0.2) is 39.8 Å². The van der Waals surface area contributed by atoms with E-state index in [1.54, 1.807) is 4.90 Å². The summed E-state index contributed by atoms with van der Waals surface area (Å²) in [6.07, 6.45) is 1.72. The van der Waals surface area contributed by atoms with Gasteiger partial charge in [-0.25, -0.2) is 22.9 Å². The van der Waals surface area contributed by atoms with E-state index in [-0.39, 0.29) is 39.9 Å². The van der Waals surface area contributed by atoms with Crippen molar-refractivity contribution in [1.82, 2.24) is 9.55 Å². The van der Waals surface area contributed by atoms with Crippen molar-refractivity contribution in [3.63, 3.8) is 0 Å². The summed E-state index contributed by atoms with van der Waals surface area (Å²) in [5.74, 6) is -4.02. The summed E-state index contributed by atoms with van der Waals surface area (Å²) < 4.78 is 44.1. The van der Waals surface area contributed by atoms with Gasteiger partial charge in [0.15, 0.2) is 17.3 Å². The van der Waals surface area contributed by atoms with E-state index in [0.717, 1.165) is 35.4 Å². The molecule has 32 heavy (non-hydrogen) atoms. The standard InChI is InChI=1S/C22H19F3N4O3/c1-22-6-16(26)13(22)8-28(9-22)20-15(25)5-11-18(30)12(21(31)32)7-29(19(11)27-20)17-3-2-10(23)4-14(17)24/h2-5,7,13,16H,6,8-9,26H2,1H3,(H,31,32)/t13-,16-,22+/m0/s1. The molecule has 0 bridgehead atoms. The van der Waals surface area contributed by atoms with Gasteiger partial charge in [-0.05, 0) is 36.0 Å². The van der Waals surface area contributed by atoms with E-state index in [1.165, 1.54) is 0 Å². The molecule has 2 fully saturated rings. The Bertz CT molecular complexity index is 1360. The number of rotatable bonds is 3. The molecule has 0 amide bonds. The molecule has 0 unspecified atom stereocenters. The fraction of sp³-hybridized carbons (Fsp3) is 0.318. The van der Waals surface area contributed by atoms with Crippen molar-refractivity contribution >= 4 is 22.8 Å². The van der Waals surface area contributed by atoms with Crippen LogP contribution in [0.25, 0.3) is 16.7 Å². The van der Waals surface area contributed by atoms with Gasteiger partial charge in [-0.2, -0.15) is 0 Å². The van der Waals surface area contributed by atoms with Crippen molar-refractivity contribution in [2.24, 2.45) is 17.1 Å². The minimum absolute atomic E-state index is 0.0122. The maximum absolute atomic E-state index is 15.1. The first-order valence-corrected chi connectivity index (χ1v) is 10.0. The summed E-state index contributed by atoms with van der Waals surface area (Å²) in [6.45, 7) is 3.07. The van der Waals surface area contributed by atoms with Crippen LogP contribution in [0.1, 0.15) is 23.7 Å². The van der Waals surface area contributed by atoms with Crippen LogP contribution in [-0.2, 0) is 0 Å². The van der Waals surface area contributed by atoms with Crippen LogP contribution in [0.3, 0.4) is 0 Å². The molecule has 3 aromatic rings. The molecular weight excluding hydrogens is 425 g/mol. The summed E-state index contributed by atoms with van der Waals surface area (Å²) in [5, 5.41) is 9.10. The second kappa shape index (κ2) is 6.80. The first-order valence-electron chi connectivity index (χ1n) is 10.0. The summed E-state index contributed by atoms with van der Waals surface area (Å²) in [7, 11) is 0. The van der Waals surface area contributed by atoms with Gasteiger partial charge in [-0.1, -0.05) is 6.92 Å². The predicted molar refractivity (Wildman–Crippen MR) is 111 cm³/mol. The number of nitrogens with zero attached hydrogens (tertiary/aromatic N) is 3. The highest BCUT2D eigenvalue weighted by Crippen LogP contribution is 2.51. The average Bonchev–Trinajstić information content (AvgIpc) is 2.99. The summed E-state index contributed by atoms with van der Waals surface area (Å²) in [4.78, 5) is 30.4. The number of benzene rings is 1. The maximum Gasteiger partial charge on any atom is 0.341 e. The van der Waals surface area contributed by atoms with E-state index < -0.39 is 34.4 Å². The van der Waals surface area contributed by atoms with Crippen molar-refractivity contribution in [3.05, 3.63) is 63.7 Å². The third-order valence-electron chi connectivity index (χ3n) is 6.70. The molecule has 1 aliphatic carbocycles. The molecule has 2 aliphatic rings. The van der Waals surface area contributed by atoms with Gasteiger partial charge in [0.25, 0.3) is 0 Å². The number of hydrogen-bond donors (Lipinski definition) is 2. The van der Waals surface area contributed by atoms with Crippen LogP contribution < -0.4 is 16.1 Å². The molecule has 0 radical (unpaired) electrons. The van der Waals surface area contributed by atoms with Crippen LogP contribution in [0.4, 0.5) is 19.0 Å². The molecule has 166 valence electrons. The Morgan fingerprint density at radius 3 is 2.62 bits per heavy atom. The van der Waals surface area contributed by atoms with E-state index >= 15 is 4.39 Å². The molecule has 2 aromatic heterocycles. The lowest BCUT2D eigenvalue weighted by Crippen LogP contribution is -2.53. The van der Waals surface area contributed by atoms with Crippen LogP contribution in [0.15, 0.2) is 35.3 Å². The van der Waals surface area contributed by atoms with Gasteiger partial charge in [0.2, 0.25) is 5.43 Å². The van der Waals surface area contributed by atoms with Crippen molar-refractivity contribution in [2.45, 2.75) is 19.4 Å². The van der Waals surface area contributed by atoms with Gasteiger partial charge in [-0.15, -0.1) is 0 Å². The summed E-state index contributed by atoms with van der Waals surface area (Å²) >= 11 is 0. The molecule has 3 heterocycles. The van der Waals surface area contributed by atoms with E-state index in [2.05, 4.69) is 11.9 Å². The van der Waals surface area contributed by atoms with Crippen LogP contribution in [0.2, 0.25) is 0 Å². The molecule has 1 saturated heterocycles. The van der Waals surface area contributed by atoms with Crippen molar-refractivity contribution in [1.29, 1.82) is 0 Å². The minimum atomic E-state index is -1.56. The zero-order chi connectivity index (χ0) is 22.9. The number of carboxylic acid groups (broad SMARTS) is 1. The molecule has 1 saturated carbocycles. The average molecular weight is 444 g/mol. The van der Waals surface area contributed by atoms with Crippen molar-refractivity contribution in [2.75, 3.05) is 18.0 Å². The minimum Gasteiger partial charge on any atom is -0.477 e. The molecule has 0 spiro atoms. The Morgan fingerprint density at radius 2 is 2.00 bits per heavy atom. The Labute approximate surface area is 179 Å². The molecule has 3 atom stereocenters. The number of carbonyl (C=O) groups is 1. The third-order valence-corrected chi connectivity index (χ3v) is 6.70. The molecule has 7 nitrogen and oxygen atoms in total. The smallest absolute Gasteiger partial charge is 0.341 e. The van der Waals surface area contributed by atoms with Gasteiger partial charge in [0.05, 0.1) is 11.1 Å². The van der Waals surface area contributed by atoms with E-state index in [9.17, 15) is 23.5 Å². The maximum atomic E-state index is 15.1. The predicted octanol–water partition coefficient (Wildman–Crippen LogP) is 2.67. The summed E-state index contributed by atoms with van der Waals surface area (Å²) in [6, 6.07) is 3.66. The monoisotopic (exact) mass is 444 g/mol. The number of aromatic carboxylic acids is 1. The molecule has 10 heteroatoms. The van der Waals surface area contributed by atoms with Gasteiger partial charge >= 0.3 is 5.97 Å². The number of pyridine rings is 2. The van der Waals surface area contributed by atoms with Crippen LogP contribution in [0.5, 0.6) is 0 Å². The Kier molecular flexibility index (Phi) is 4.35. The number of fused-ring (bicyclic) bond motifs is 2. The Morgan fingerprint density at radius 1 is 1.25 bits per heavy atom. The quantitative estimate of drug-likeness (QED) is 0.644. The van der Waals surface area contributed by atoms with E-state index in [0.29, 0.717) is 19.2 Å². The van der Waals surface area contributed by atoms with E-state index in [1.807, 2.05) is 0 Å². The largest absolute Gasteiger partial charge is 0.477 e. The van der Waals surface area contributed by atoms with Gasteiger partial charge in [-0.3, -0.25) is 9.36 Å². The normalized spacial score (nSPS) is 24.5. The highest BCUT2D eigenvalue weighted by molar-refractivity contribution is 5.92. The SMILES string of the molecule is C[C@]12C[C@H](N)[C@@H]1CN(c1nc3c(cc1F)c(=O)c(C(=O)O)cn3-c1ccc(F)cc1F)C2. The lowest BCUT2D eigenvalue weighted by Gasteiger charge is -2.46. The number of carboxylic acids is 1. The Balaban J connectivity index is 1.75. The highest BCUT2D eigenvalue weighted by Gasteiger charge is 2.55. The van der Waals surface area contributed by atoms with Crippen LogP contribution >= 0.6 is 0 Å². The number of anilines is 1. The van der Waals surface area contributed by atoms with Gasteiger partial charge < -0.3 is 15.7 Å². The lowest BCUT2D eigenvalue weighted by molar-refractivity contribution is 0.0695. The van der Waals surface area contributed by atoms with Crippen LogP contribution in [0, 0.1) is 28.8 Å². The van der Waals surface area contributed by atoms with Crippen molar-refractivity contribution in [3.8, 4) is 5.69 Å². The number of nitrogens with two attached hydrogens (primary N) is 1. The van der Waals surface area contributed by atoms with Gasteiger partial charge in [0, 0.05) is 31.4 Å². The fourth-order valence-corrected chi connectivity index (χ4v) is 5.07.